The topological polar surface area (TPSA) is 28.1 Å². The van der Waals surface area contributed by atoms with Crippen molar-refractivity contribution in [1.29, 1.82) is 0 Å². The van der Waals surface area contributed by atoms with E-state index in [9.17, 15) is 0 Å². The van der Waals surface area contributed by atoms with Gasteiger partial charge in [-0.25, -0.2) is 0 Å². The van der Waals surface area contributed by atoms with Gasteiger partial charge >= 0.3 is 0 Å². The first kappa shape index (κ1) is 10.7. The molecule has 0 saturated heterocycles. The molecule has 2 heteroatoms. The summed E-state index contributed by atoms with van der Waals surface area (Å²) in [5, 5.41) is 5.22. The van der Waals surface area contributed by atoms with Crippen LogP contribution in [0.5, 0.6) is 0 Å². The van der Waals surface area contributed by atoms with Crippen molar-refractivity contribution in [3.8, 4) is 0 Å². The fourth-order valence-electron chi connectivity index (χ4n) is 3.87. The summed E-state index contributed by atoms with van der Waals surface area (Å²) in [6.07, 6.45) is 5.11. The van der Waals surface area contributed by atoms with Crippen molar-refractivity contribution >= 4 is 27.4 Å². The van der Waals surface area contributed by atoms with Crippen LogP contribution in [0.3, 0.4) is 0 Å². The summed E-state index contributed by atoms with van der Waals surface area (Å²) >= 11 is 0. The molecule has 0 spiro atoms. The van der Waals surface area contributed by atoms with Crippen LogP contribution in [0.1, 0.15) is 25.7 Å². The number of H-pyrrole nitrogens is 1. The minimum Gasteiger partial charge on any atom is -0.354 e. The van der Waals surface area contributed by atoms with Crippen molar-refractivity contribution in [2.75, 3.05) is 0 Å². The lowest BCUT2D eigenvalue weighted by atomic mass is 9.90. The molecule has 0 amide bonds. The smallest absolute Gasteiger partial charge is 0.0726 e. The molecular weight excluding hydrogens is 244 g/mol. The zero-order valence-electron chi connectivity index (χ0n) is 11.3. The number of aromatic nitrogens is 1. The van der Waals surface area contributed by atoms with Crippen LogP contribution in [0, 0.1) is 0 Å². The van der Waals surface area contributed by atoms with Gasteiger partial charge in [-0.15, -0.1) is 0 Å². The number of rotatable bonds is 0. The fraction of sp³-hybridized carbons (Fsp3) is 0.278. The summed E-state index contributed by atoms with van der Waals surface area (Å²) in [7, 11) is 0. The molecule has 1 fully saturated rings. The molecule has 3 aromatic rings. The summed E-state index contributed by atoms with van der Waals surface area (Å²) in [6, 6.07) is 13.6. The van der Waals surface area contributed by atoms with Crippen molar-refractivity contribution in [1.82, 2.24) is 4.98 Å². The predicted octanol–water partition coefficient (Wildman–Crippen LogP) is 3.05. The van der Waals surface area contributed by atoms with Crippen LogP contribution in [0.25, 0.3) is 27.4 Å². The number of para-hydroxylation sites is 1. The second-order valence-corrected chi connectivity index (χ2v) is 6.00. The Morgan fingerprint density at radius 3 is 2.95 bits per heavy atom. The van der Waals surface area contributed by atoms with Gasteiger partial charge in [-0.2, -0.15) is 0 Å². The van der Waals surface area contributed by atoms with E-state index in [0.29, 0.717) is 6.04 Å². The average molecular weight is 260 g/mol. The third kappa shape index (κ3) is 1.31. The highest BCUT2D eigenvalue weighted by Gasteiger charge is 2.23. The Balaban J connectivity index is 1.93. The number of hydrogen-bond acceptors (Lipinski definition) is 1. The summed E-state index contributed by atoms with van der Waals surface area (Å²) in [5.41, 5.74) is 4.04. The van der Waals surface area contributed by atoms with Gasteiger partial charge in [0.1, 0.15) is 0 Å². The maximum absolute atomic E-state index is 4.96. The van der Waals surface area contributed by atoms with E-state index >= 15 is 0 Å². The number of hydrogen-bond donors (Lipinski definition) is 1. The van der Waals surface area contributed by atoms with Crippen LogP contribution in [0.4, 0.5) is 0 Å². The Kier molecular flexibility index (Phi) is 1.99. The zero-order chi connectivity index (χ0) is 13.1. The normalized spacial score (nSPS) is 21.0. The van der Waals surface area contributed by atoms with E-state index in [1.54, 1.807) is 5.57 Å². The van der Waals surface area contributed by atoms with Crippen LogP contribution in [-0.2, 0) is 0 Å². The third-order valence-electron chi connectivity index (χ3n) is 4.84. The van der Waals surface area contributed by atoms with E-state index in [4.69, 9.17) is 4.99 Å². The first-order valence-corrected chi connectivity index (χ1v) is 7.51. The largest absolute Gasteiger partial charge is 0.354 e. The van der Waals surface area contributed by atoms with E-state index in [1.807, 2.05) is 0 Å². The van der Waals surface area contributed by atoms with Crippen LogP contribution in [0.2, 0.25) is 0 Å². The van der Waals surface area contributed by atoms with Gasteiger partial charge in [-0.3, -0.25) is 4.99 Å². The Hall–Kier alpha value is -2.09. The molecule has 1 aliphatic heterocycles. The molecule has 2 aromatic carbocycles. The minimum absolute atomic E-state index is 0.469. The molecule has 98 valence electrons. The van der Waals surface area contributed by atoms with E-state index in [0.717, 1.165) is 0 Å². The Bertz CT molecular complexity index is 962. The van der Waals surface area contributed by atoms with E-state index in [2.05, 4.69) is 41.4 Å². The predicted molar refractivity (Wildman–Crippen MR) is 82.2 cm³/mol. The molecule has 1 saturated carbocycles. The van der Waals surface area contributed by atoms with Crippen LogP contribution < -0.4 is 10.6 Å². The van der Waals surface area contributed by atoms with E-state index in [1.165, 1.54) is 58.1 Å². The van der Waals surface area contributed by atoms with Gasteiger partial charge in [0.15, 0.2) is 0 Å². The molecule has 2 aliphatic rings. The number of nitrogens with one attached hydrogen (secondary N) is 1. The van der Waals surface area contributed by atoms with E-state index < -0.39 is 0 Å². The average Bonchev–Trinajstić information content (AvgIpc) is 3.02. The van der Waals surface area contributed by atoms with Gasteiger partial charge in [0.25, 0.3) is 0 Å². The van der Waals surface area contributed by atoms with Crippen molar-refractivity contribution in [2.45, 2.75) is 31.7 Å². The maximum Gasteiger partial charge on any atom is 0.0726 e. The highest BCUT2D eigenvalue weighted by atomic mass is 14.8. The molecule has 1 aliphatic carbocycles. The first-order chi connectivity index (χ1) is 9.90. The standard InChI is InChI=1S/C18H16N2/c1-3-7-15-11(5-1)13-9-18-14(10-17(13)19-15)12-6-2-4-8-16(12)20-18/h1,3,5,7,9-10,16,19H,2,4,6,8H2. The van der Waals surface area contributed by atoms with Gasteiger partial charge in [-0.1, -0.05) is 24.6 Å². The Morgan fingerprint density at radius 1 is 1.00 bits per heavy atom. The molecule has 1 N–H and O–H groups in total. The summed E-state index contributed by atoms with van der Waals surface area (Å²) < 4.78 is 0. The minimum atomic E-state index is 0.469. The Labute approximate surface area is 116 Å². The number of aromatic amines is 1. The van der Waals surface area contributed by atoms with Crippen molar-refractivity contribution in [3.05, 3.63) is 47.0 Å². The van der Waals surface area contributed by atoms with Gasteiger partial charge in [0.05, 0.1) is 11.4 Å². The SMILES string of the molecule is c1ccc2c(c1)[nH]c1cc3c(cc12)=NC1CCCCC=31. The zero-order valence-corrected chi connectivity index (χ0v) is 11.3. The third-order valence-corrected chi connectivity index (χ3v) is 4.84. The van der Waals surface area contributed by atoms with Gasteiger partial charge in [0, 0.05) is 27.0 Å². The second kappa shape index (κ2) is 3.72. The van der Waals surface area contributed by atoms with Gasteiger partial charge in [-0.05, 0) is 43.0 Å². The van der Waals surface area contributed by atoms with Crippen molar-refractivity contribution in [3.63, 3.8) is 0 Å². The molecule has 2 nitrogen and oxygen atoms in total. The molecule has 0 bridgehead atoms. The fourth-order valence-corrected chi connectivity index (χ4v) is 3.87. The molecule has 20 heavy (non-hydrogen) atoms. The van der Waals surface area contributed by atoms with Gasteiger partial charge < -0.3 is 4.98 Å². The van der Waals surface area contributed by atoms with Crippen LogP contribution in [0.15, 0.2) is 41.4 Å². The van der Waals surface area contributed by atoms with Crippen molar-refractivity contribution in [2.24, 2.45) is 4.99 Å². The first-order valence-electron chi connectivity index (χ1n) is 7.51. The monoisotopic (exact) mass is 260 g/mol. The van der Waals surface area contributed by atoms with Crippen molar-refractivity contribution < 1.29 is 0 Å². The molecule has 1 unspecified atom stereocenters. The number of nitrogens with zero attached hydrogens (tertiary/aromatic N) is 1. The molecule has 5 rings (SSSR count). The molecule has 0 radical (unpaired) electrons. The lowest BCUT2D eigenvalue weighted by Crippen LogP contribution is -2.23. The van der Waals surface area contributed by atoms with Gasteiger partial charge in [0.2, 0.25) is 0 Å². The lowest BCUT2D eigenvalue weighted by Gasteiger charge is -2.18. The number of benzene rings is 2. The maximum atomic E-state index is 4.96. The summed E-state index contributed by atoms with van der Waals surface area (Å²) in [4.78, 5) is 8.51. The highest BCUT2D eigenvalue weighted by Crippen LogP contribution is 2.29. The number of fused-ring (bicyclic) bond motifs is 5. The summed E-state index contributed by atoms with van der Waals surface area (Å²) in [6.45, 7) is 0. The van der Waals surface area contributed by atoms with E-state index in [-0.39, 0.29) is 0 Å². The highest BCUT2D eigenvalue weighted by molar-refractivity contribution is 6.07. The van der Waals surface area contributed by atoms with Crippen LogP contribution >= 0.6 is 0 Å². The molecule has 1 atom stereocenters. The quantitative estimate of drug-likeness (QED) is 0.643. The second-order valence-electron chi connectivity index (χ2n) is 6.00. The molecular formula is C18H16N2. The van der Waals surface area contributed by atoms with Crippen LogP contribution in [-0.4, -0.2) is 11.0 Å². The lowest BCUT2D eigenvalue weighted by molar-refractivity contribution is 0.587. The molecule has 2 heterocycles. The molecule has 1 aromatic heterocycles. The summed E-state index contributed by atoms with van der Waals surface area (Å²) in [5.74, 6) is 0. The Morgan fingerprint density at radius 2 is 1.95 bits per heavy atom.